The van der Waals surface area contributed by atoms with Gasteiger partial charge in [0.2, 0.25) is 0 Å². The Bertz CT molecular complexity index is 171. The first-order chi connectivity index (χ1) is 6.54. The summed E-state index contributed by atoms with van der Waals surface area (Å²) in [6.45, 7) is 7.03. The smallest absolute Gasteiger partial charge is 0.321 e. The standard InChI is InChI=1S/C11H23NO2/c1-5-7-8-12(4)10(11(13)14)9(3)6-2/h9-10H,5-8H2,1-4H3,(H,13,14). The topological polar surface area (TPSA) is 40.5 Å². The molecule has 3 heteroatoms. The SMILES string of the molecule is CCCCN(C)C(C(=O)O)C(C)CC. The Morgan fingerprint density at radius 3 is 2.36 bits per heavy atom. The summed E-state index contributed by atoms with van der Waals surface area (Å²) in [6.07, 6.45) is 3.08. The molecule has 0 aromatic carbocycles. The third-order valence-electron chi connectivity index (χ3n) is 2.78. The molecule has 0 aliphatic rings. The van der Waals surface area contributed by atoms with E-state index in [1.165, 1.54) is 0 Å². The van der Waals surface area contributed by atoms with Crippen molar-refractivity contribution in [3.8, 4) is 0 Å². The maximum Gasteiger partial charge on any atom is 0.321 e. The molecule has 0 bridgehead atoms. The highest BCUT2D eigenvalue weighted by atomic mass is 16.4. The minimum Gasteiger partial charge on any atom is -0.480 e. The number of rotatable bonds is 7. The summed E-state index contributed by atoms with van der Waals surface area (Å²) in [5, 5.41) is 9.10. The number of carboxylic acids is 1. The van der Waals surface area contributed by atoms with Crippen LogP contribution in [0.15, 0.2) is 0 Å². The number of unbranched alkanes of at least 4 members (excludes halogenated alkanes) is 1. The van der Waals surface area contributed by atoms with Gasteiger partial charge in [-0.1, -0.05) is 33.6 Å². The van der Waals surface area contributed by atoms with Gasteiger partial charge in [-0.3, -0.25) is 9.69 Å². The van der Waals surface area contributed by atoms with E-state index in [9.17, 15) is 4.79 Å². The normalized spacial score (nSPS) is 15.5. The van der Waals surface area contributed by atoms with Gasteiger partial charge in [0.15, 0.2) is 0 Å². The number of aliphatic carboxylic acids is 1. The summed E-state index contributed by atoms with van der Waals surface area (Å²) in [4.78, 5) is 13.0. The quantitative estimate of drug-likeness (QED) is 0.686. The molecule has 2 unspecified atom stereocenters. The molecule has 0 aromatic rings. The zero-order valence-corrected chi connectivity index (χ0v) is 9.79. The third-order valence-corrected chi connectivity index (χ3v) is 2.78. The summed E-state index contributed by atoms with van der Waals surface area (Å²) < 4.78 is 0. The summed E-state index contributed by atoms with van der Waals surface area (Å²) in [7, 11) is 1.90. The van der Waals surface area contributed by atoms with E-state index >= 15 is 0 Å². The predicted molar refractivity (Wildman–Crippen MR) is 58.4 cm³/mol. The molecule has 0 rings (SSSR count). The van der Waals surface area contributed by atoms with Crippen LogP contribution >= 0.6 is 0 Å². The van der Waals surface area contributed by atoms with Gasteiger partial charge in [-0.05, 0) is 25.9 Å². The molecular formula is C11H23NO2. The molecule has 0 spiro atoms. The van der Waals surface area contributed by atoms with Crippen molar-refractivity contribution in [3.05, 3.63) is 0 Å². The Morgan fingerprint density at radius 1 is 1.43 bits per heavy atom. The number of carbonyl (C=O) groups is 1. The lowest BCUT2D eigenvalue weighted by Crippen LogP contribution is -2.43. The van der Waals surface area contributed by atoms with E-state index < -0.39 is 5.97 Å². The summed E-state index contributed by atoms with van der Waals surface area (Å²) >= 11 is 0. The lowest BCUT2D eigenvalue weighted by molar-refractivity contribution is -0.144. The number of nitrogens with zero attached hydrogens (tertiary/aromatic N) is 1. The Morgan fingerprint density at radius 2 is 2.00 bits per heavy atom. The molecule has 1 N–H and O–H groups in total. The Kier molecular flexibility index (Phi) is 6.54. The van der Waals surface area contributed by atoms with Crippen molar-refractivity contribution in [1.29, 1.82) is 0 Å². The number of hydrogen-bond donors (Lipinski definition) is 1. The minimum atomic E-state index is -0.696. The molecule has 14 heavy (non-hydrogen) atoms. The summed E-state index contributed by atoms with van der Waals surface area (Å²) in [5.41, 5.74) is 0. The Hall–Kier alpha value is -0.570. The van der Waals surface area contributed by atoms with Crippen molar-refractivity contribution < 1.29 is 9.90 Å². The number of hydrogen-bond acceptors (Lipinski definition) is 2. The van der Waals surface area contributed by atoms with Crippen molar-refractivity contribution in [1.82, 2.24) is 4.90 Å². The molecule has 0 saturated heterocycles. The highest BCUT2D eigenvalue weighted by molar-refractivity contribution is 5.73. The van der Waals surface area contributed by atoms with Crippen molar-refractivity contribution >= 4 is 5.97 Å². The van der Waals surface area contributed by atoms with Gasteiger partial charge in [0.1, 0.15) is 6.04 Å². The first-order valence-corrected chi connectivity index (χ1v) is 5.47. The maximum atomic E-state index is 11.1. The minimum absolute atomic E-state index is 0.217. The van der Waals surface area contributed by atoms with E-state index in [4.69, 9.17) is 5.11 Å². The molecule has 0 heterocycles. The van der Waals surface area contributed by atoms with Crippen molar-refractivity contribution in [2.75, 3.05) is 13.6 Å². The van der Waals surface area contributed by atoms with E-state index in [-0.39, 0.29) is 12.0 Å². The average Bonchev–Trinajstić information content (AvgIpc) is 2.14. The fraction of sp³-hybridized carbons (Fsp3) is 0.909. The average molecular weight is 201 g/mol. The first-order valence-electron chi connectivity index (χ1n) is 5.47. The second kappa shape index (κ2) is 6.82. The molecule has 0 aromatic heterocycles. The zero-order chi connectivity index (χ0) is 11.1. The lowest BCUT2D eigenvalue weighted by atomic mass is 9.98. The zero-order valence-electron chi connectivity index (χ0n) is 9.79. The molecule has 84 valence electrons. The maximum absolute atomic E-state index is 11.1. The van der Waals surface area contributed by atoms with E-state index in [1.807, 2.05) is 25.8 Å². The molecule has 0 fully saturated rings. The van der Waals surface area contributed by atoms with Gasteiger partial charge in [0, 0.05) is 0 Å². The molecule has 0 radical (unpaired) electrons. The van der Waals surface area contributed by atoms with Crippen LogP contribution in [0.1, 0.15) is 40.0 Å². The molecular weight excluding hydrogens is 178 g/mol. The lowest BCUT2D eigenvalue weighted by Gasteiger charge is -2.28. The molecule has 0 aliphatic heterocycles. The van der Waals surface area contributed by atoms with Crippen LogP contribution in [0.3, 0.4) is 0 Å². The van der Waals surface area contributed by atoms with Crippen LogP contribution in [0.25, 0.3) is 0 Å². The summed E-state index contributed by atoms with van der Waals surface area (Å²) in [6, 6.07) is -0.327. The second-order valence-corrected chi connectivity index (χ2v) is 4.00. The van der Waals surface area contributed by atoms with Crippen molar-refractivity contribution in [3.63, 3.8) is 0 Å². The van der Waals surface area contributed by atoms with Gasteiger partial charge in [-0.15, -0.1) is 0 Å². The van der Waals surface area contributed by atoms with Crippen LogP contribution in [0, 0.1) is 5.92 Å². The fourth-order valence-corrected chi connectivity index (χ4v) is 1.64. The van der Waals surface area contributed by atoms with E-state index in [1.54, 1.807) is 0 Å². The van der Waals surface area contributed by atoms with E-state index in [0.29, 0.717) is 0 Å². The van der Waals surface area contributed by atoms with Gasteiger partial charge in [-0.25, -0.2) is 0 Å². The number of likely N-dealkylation sites (N-methyl/N-ethyl adjacent to an activating group) is 1. The van der Waals surface area contributed by atoms with Crippen LogP contribution in [0.4, 0.5) is 0 Å². The fourth-order valence-electron chi connectivity index (χ4n) is 1.64. The monoisotopic (exact) mass is 201 g/mol. The van der Waals surface area contributed by atoms with Gasteiger partial charge in [-0.2, -0.15) is 0 Å². The number of carboxylic acid groups (broad SMARTS) is 1. The largest absolute Gasteiger partial charge is 0.480 e. The van der Waals surface area contributed by atoms with Crippen LogP contribution in [-0.4, -0.2) is 35.6 Å². The highest BCUT2D eigenvalue weighted by Crippen LogP contribution is 2.14. The molecule has 0 aliphatic carbocycles. The van der Waals surface area contributed by atoms with Crippen LogP contribution < -0.4 is 0 Å². The van der Waals surface area contributed by atoms with E-state index in [2.05, 4.69) is 6.92 Å². The van der Waals surface area contributed by atoms with Crippen LogP contribution in [-0.2, 0) is 4.79 Å². The predicted octanol–water partition coefficient (Wildman–Crippen LogP) is 2.22. The Balaban J connectivity index is 4.25. The van der Waals surface area contributed by atoms with Crippen molar-refractivity contribution in [2.24, 2.45) is 5.92 Å². The van der Waals surface area contributed by atoms with E-state index in [0.717, 1.165) is 25.8 Å². The van der Waals surface area contributed by atoms with Gasteiger partial charge >= 0.3 is 5.97 Å². The first kappa shape index (κ1) is 13.4. The third kappa shape index (κ3) is 4.09. The van der Waals surface area contributed by atoms with Crippen LogP contribution in [0.5, 0.6) is 0 Å². The molecule has 3 nitrogen and oxygen atoms in total. The van der Waals surface area contributed by atoms with Gasteiger partial charge in [0.05, 0.1) is 0 Å². The highest BCUT2D eigenvalue weighted by Gasteiger charge is 2.26. The Labute approximate surface area is 87.1 Å². The van der Waals surface area contributed by atoms with Crippen LogP contribution in [0.2, 0.25) is 0 Å². The molecule has 0 amide bonds. The molecule has 0 saturated carbocycles. The van der Waals surface area contributed by atoms with Gasteiger partial charge in [0.25, 0.3) is 0 Å². The summed E-state index contributed by atoms with van der Waals surface area (Å²) in [5.74, 6) is -0.479. The second-order valence-electron chi connectivity index (χ2n) is 4.00. The van der Waals surface area contributed by atoms with Gasteiger partial charge < -0.3 is 5.11 Å². The molecule has 2 atom stereocenters. The van der Waals surface area contributed by atoms with Crippen molar-refractivity contribution in [2.45, 2.75) is 46.1 Å².